The molecule has 0 amide bonds. The molecule has 0 aromatic heterocycles. The van der Waals surface area contributed by atoms with Crippen molar-refractivity contribution in [1.29, 1.82) is 0 Å². The van der Waals surface area contributed by atoms with E-state index < -0.39 is 21.4 Å². The van der Waals surface area contributed by atoms with E-state index in [1.165, 1.54) is 38.5 Å². The van der Waals surface area contributed by atoms with Gasteiger partial charge in [0, 0.05) is 0 Å². The first kappa shape index (κ1) is 16.7. The van der Waals surface area contributed by atoms with Crippen LogP contribution in [-0.2, 0) is 37.5 Å². The van der Waals surface area contributed by atoms with E-state index >= 15 is 0 Å². The molecule has 0 spiro atoms. The molecule has 0 fully saturated rings. The van der Waals surface area contributed by atoms with Crippen LogP contribution in [0.5, 0.6) is 0 Å². The van der Waals surface area contributed by atoms with Crippen LogP contribution in [0.3, 0.4) is 0 Å². The average Bonchev–Trinajstić information content (AvgIpc) is 2.93. The fourth-order valence-electron chi connectivity index (χ4n) is 4.54. The number of hydrogen-bond acceptors (Lipinski definition) is 0. The van der Waals surface area contributed by atoms with Crippen molar-refractivity contribution in [2.75, 3.05) is 0 Å². The van der Waals surface area contributed by atoms with Crippen molar-refractivity contribution in [2.45, 2.75) is 71.8 Å². The summed E-state index contributed by atoms with van der Waals surface area (Å²) in [7, 11) is 0. The van der Waals surface area contributed by atoms with Crippen molar-refractivity contribution < 1.29 is 21.4 Å². The molecule has 0 N–H and O–H groups in total. The van der Waals surface area contributed by atoms with Crippen molar-refractivity contribution in [2.24, 2.45) is 5.41 Å². The van der Waals surface area contributed by atoms with Crippen molar-refractivity contribution >= 4 is 6.08 Å². The zero-order chi connectivity index (χ0) is 16.0. The Morgan fingerprint density at radius 1 is 1.05 bits per heavy atom. The molecule has 1 heteroatoms. The summed E-state index contributed by atoms with van der Waals surface area (Å²) in [5.41, 5.74) is 7.01. The van der Waals surface area contributed by atoms with Crippen LogP contribution in [0.4, 0.5) is 0 Å². The van der Waals surface area contributed by atoms with Crippen molar-refractivity contribution in [3.8, 4) is 0 Å². The van der Waals surface area contributed by atoms with E-state index in [4.69, 9.17) is 0 Å². The molecule has 0 aliphatic heterocycles. The molecular formula is C21H31Hf. The fourth-order valence-corrected chi connectivity index (χ4v) is 11.2. The standard InChI is InChI=1S/C19H25.2CH3.Hf/c1-4-5-6-7-14-8-9-15-10-16-12-19(2,3)13-17(16)11-18(14)15;;;/h8-11H,4-7,12-13H2,1-3H3;2*1H3;. The molecule has 22 heavy (non-hydrogen) atoms. The Bertz CT molecular complexity index is 594. The molecule has 0 heterocycles. The zero-order valence-electron chi connectivity index (χ0n) is 15.1. The van der Waals surface area contributed by atoms with Crippen LogP contribution in [0, 0.1) is 5.41 Å². The van der Waals surface area contributed by atoms with Gasteiger partial charge in [-0.1, -0.05) is 0 Å². The maximum atomic E-state index is 2.63. The van der Waals surface area contributed by atoms with E-state index in [9.17, 15) is 0 Å². The van der Waals surface area contributed by atoms with Gasteiger partial charge in [0.15, 0.2) is 0 Å². The number of fused-ring (bicyclic) bond motifs is 2. The summed E-state index contributed by atoms with van der Waals surface area (Å²) in [6.07, 6.45) is 13.1. The number of benzene rings is 1. The first-order chi connectivity index (χ1) is 10.4. The third-order valence-corrected chi connectivity index (χ3v) is 14.7. The molecule has 0 bridgehead atoms. The Morgan fingerprint density at radius 3 is 2.36 bits per heavy atom. The predicted molar refractivity (Wildman–Crippen MR) is 94.2 cm³/mol. The number of hydrogen-bond donors (Lipinski definition) is 0. The second-order valence-electron chi connectivity index (χ2n) is 8.49. The van der Waals surface area contributed by atoms with Crippen LogP contribution < -0.4 is 0 Å². The molecule has 119 valence electrons. The molecule has 0 nitrogen and oxygen atoms in total. The summed E-state index contributed by atoms with van der Waals surface area (Å²) in [4.78, 5) is 0. The quantitative estimate of drug-likeness (QED) is 0.355. The van der Waals surface area contributed by atoms with Gasteiger partial charge in [0.1, 0.15) is 0 Å². The molecule has 1 aromatic carbocycles. The van der Waals surface area contributed by atoms with Gasteiger partial charge in [0.25, 0.3) is 0 Å². The first-order valence-corrected chi connectivity index (χ1v) is 18.0. The fraction of sp³-hybridized carbons (Fsp3) is 0.619. The van der Waals surface area contributed by atoms with Gasteiger partial charge in [0.2, 0.25) is 0 Å². The summed E-state index contributed by atoms with van der Waals surface area (Å²) in [5.74, 6) is 0. The summed E-state index contributed by atoms with van der Waals surface area (Å²) in [6.45, 7) is 7.16. The summed E-state index contributed by atoms with van der Waals surface area (Å²) in [5, 5.41) is 0. The Kier molecular flexibility index (Phi) is 4.58. The Morgan fingerprint density at radius 2 is 1.73 bits per heavy atom. The second kappa shape index (κ2) is 6.04. The van der Waals surface area contributed by atoms with E-state index in [0.29, 0.717) is 8.59 Å². The third kappa shape index (κ3) is 2.83. The molecule has 0 radical (unpaired) electrons. The van der Waals surface area contributed by atoms with Gasteiger partial charge in [0.05, 0.1) is 0 Å². The van der Waals surface area contributed by atoms with Gasteiger partial charge in [-0.25, -0.2) is 0 Å². The van der Waals surface area contributed by atoms with Crippen LogP contribution in [0.25, 0.3) is 6.08 Å². The zero-order valence-corrected chi connectivity index (χ0v) is 18.6. The Labute approximate surface area is 144 Å². The maximum absolute atomic E-state index is 2.63. The van der Waals surface area contributed by atoms with Gasteiger partial charge in [-0.15, -0.1) is 0 Å². The van der Waals surface area contributed by atoms with Gasteiger partial charge in [-0.3, -0.25) is 0 Å². The number of unbranched alkanes of at least 4 members (excludes halogenated alkanes) is 2. The van der Waals surface area contributed by atoms with Gasteiger partial charge in [-0.05, 0) is 0 Å². The van der Waals surface area contributed by atoms with Crippen LogP contribution >= 0.6 is 0 Å². The van der Waals surface area contributed by atoms with Crippen LogP contribution in [0.1, 0.15) is 68.7 Å². The molecule has 2 aliphatic rings. The normalized spacial score (nSPS) is 24.4. The summed E-state index contributed by atoms with van der Waals surface area (Å²) in [6, 6.07) is 5.16. The SMILES string of the molecule is CCCCC[C]1([Hf]([CH3])[CH3])C=Cc2cc3c(cc21)CC(C)(C)C3. The molecule has 2 aliphatic carbocycles. The summed E-state index contributed by atoms with van der Waals surface area (Å²) >= 11 is -1.56. The van der Waals surface area contributed by atoms with Gasteiger partial charge in [-0.2, -0.15) is 0 Å². The third-order valence-electron chi connectivity index (χ3n) is 5.80. The molecule has 1 aromatic rings. The topological polar surface area (TPSA) is 0 Å². The van der Waals surface area contributed by atoms with Crippen molar-refractivity contribution in [1.82, 2.24) is 0 Å². The monoisotopic (exact) mass is 463 g/mol. The van der Waals surface area contributed by atoms with E-state index in [2.05, 4.69) is 54.4 Å². The molecular weight excluding hydrogens is 431 g/mol. The van der Waals surface area contributed by atoms with Crippen molar-refractivity contribution in [3.05, 3.63) is 40.5 Å². The van der Waals surface area contributed by atoms with Crippen molar-refractivity contribution in [3.63, 3.8) is 0 Å². The number of allylic oxidation sites excluding steroid dienone is 1. The van der Waals surface area contributed by atoms with Crippen LogP contribution in [0.2, 0.25) is 9.36 Å². The minimum absolute atomic E-state index is 0.466. The van der Waals surface area contributed by atoms with Gasteiger partial charge >= 0.3 is 145 Å². The molecule has 3 rings (SSSR count). The first-order valence-electron chi connectivity index (χ1n) is 9.04. The summed E-state index contributed by atoms with van der Waals surface area (Å²) < 4.78 is 5.73. The minimum atomic E-state index is -1.56. The average molecular weight is 462 g/mol. The second-order valence-corrected chi connectivity index (χ2v) is 18.9. The van der Waals surface area contributed by atoms with E-state index in [0.717, 1.165) is 0 Å². The number of rotatable bonds is 5. The van der Waals surface area contributed by atoms with E-state index in [1.54, 1.807) is 22.3 Å². The van der Waals surface area contributed by atoms with Crippen LogP contribution in [0.15, 0.2) is 18.2 Å². The predicted octanol–water partition coefficient (Wildman–Crippen LogP) is 6.33. The molecule has 0 saturated carbocycles. The van der Waals surface area contributed by atoms with E-state index in [-0.39, 0.29) is 0 Å². The Balaban J connectivity index is 1.98. The van der Waals surface area contributed by atoms with Gasteiger partial charge < -0.3 is 0 Å². The molecule has 1 unspecified atom stereocenters. The van der Waals surface area contributed by atoms with Crippen LogP contribution in [-0.4, -0.2) is 0 Å². The van der Waals surface area contributed by atoms with E-state index in [1.807, 2.05) is 0 Å². The Hall–Kier alpha value is -0.170. The molecule has 0 saturated heterocycles. The molecule has 1 atom stereocenters.